The van der Waals surface area contributed by atoms with E-state index in [1.165, 1.54) is 29.5 Å². The number of aliphatic hydroxyl groups excluding tert-OH is 3. The highest BCUT2D eigenvalue weighted by Gasteiger charge is 2.43. The summed E-state index contributed by atoms with van der Waals surface area (Å²) in [4.78, 5) is 21.7. The number of ether oxygens (including phenoxy) is 1. The summed E-state index contributed by atoms with van der Waals surface area (Å²) in [5.41, 5.74) is 0.485. The second-order valence-corrected chi connectivity index (χ2v) is 4.71. The predicted octanol–water partition coefficient (Wildman–Crippen LogP) is -1.76. The number of aromatic nitrogens is 4. The summed E-state index contributed by atoms with van der Waals surface area (Å²) in [6, 6.07) is 1.29. The highest BCUT2D eigenvalue weighted by Crippen LogP contribution is 2.32. The molecule has 2 aromatic heterocycles. The molecule has 1 unspecified atom stereocenters. The van der Waals surface area contributed by atoms with E-state index in [1.807, 2.05) is 0 Å². The second-order valence-electron chi connectivity index (χ2n) is 4.71. The highest BCUT2D eigenvalue weighted by molar-refractivity contribution is 5.52. The van der Waals surface area contributed by atoms with Gasteiger partial charge in [0.1, 0.15) is 18.3 Å². The third-order valence-corrected chi connectivity index (χ3v) is 3.40. The zero-order valence-corrected chi connectivity index (χ0v) is 10.8. The number of hydrogen-bond donors (Lipinski definition) is 4. The van der Waals surface area contributed by atoms with Crippen molar-refractivity contribution < 1.29 is 20.1 Å². The monoisotopic (exact) mass is 294 g/mol. The van der Waals surface area contributed by atoms with E-state index in [2.05, 4.69) is 15.0 Å². The molecule has 9 nitrogen and oxygen atoms in total. The van der Waals surface area contributed by atoms with Crippen LogP contribution < -0.4 is 5.56 Å². The third kappa shape index (κ3) is 2.36. The van der Waals surface area contributed by atoms with E-state index in [0.29, 0.717) is 11.4 Å². The van der Waals surface area contributed by atoms with Gasteiger partial charge in [-0.15, -0.1) is 0 Å². The lowest BCUT2D eigenvalue weighted by molar-refractivity contribution is -0.0520. The average molecular weight is 294 g/mol. The number of imidazole rings is 1. The maximum absolute atomic E-state index is 11.4. The Hall–Kier alpha value is -2.07. The van der Waals surface area contributed by atoms with Gasteiger partial charge in [0.25, 0.3) is 5.56 Å². The number of aromatic amines is 1. The highest BCUT2D eigenvalue weighted by atomic mass is 16.6. The fourth-order valence-corrected chi connectivity index (χ4v) is 2.32. The van der Waals surface area contributed by atoms with E-state index in [9.17, 15) is 15.0 Å². The number of rotatable bonds is 3. The Bertz CT molecular complexity index is 684. The fourth-order valence-electron chi connectivity index (χ4n) is 2.32. The van der Waals surface area contributed by atoms with Crippen LogP contribution >= 0.6 is 0 Å². The lowest BCUT2D eigenvalue weighted by atomic mass is 10.1. The molecule has 0 bridgehead atoms. The molecule has 1 fully saturated rings. The van der Waals surface area contributed by atoms with Gasteiger partial charge in [-0.3, -0.25) is 9.36 Å². The summed E-state index contributed by atoms with van der Waals surface area (Å²) in [7, 11) is 0. The van der Waals surface area contributed by atoms with E-state index in [4.69, 9.17) is 9.84 Å². The molecule has 112 valence electrons. The summed E-state index contributed by atoms with van der Waals surface area (Å²) in [6.07, 6.45) is -0.107. The van der Waals surface area contributed by atoms with Crippen LogP contribution in [0, 0.1) is 0 Å². The molecule has 9 heteroatoms. The molecular weight excluding hydrogens is 280 g/mol. The molecule has 1 aliphatic rings. The molecule has 0 aromatic carbocycles. The van der Waals surface area contributed by atoms with Crippen LogP contribution in [0.5, 0.6) is 0 Å². The summed E-state index contributed by atoms with van der Waals surface area (Å²) in [5, 5.41) is 28.9. The van der Waals surface area contributed by atoms with Crippen LogP contribution in [0.3, 0.4) is 0 Å². The number of nitrogens with one attached hydrogen (secondary N) is 1. The smallest absolute Gasteiger partial charge is 0.251 e. The topological polar surface area (TPSA) is 133 Å². The number of H-pyrrole nitrogens is 1. The van der Waals surface area contributed by atoms with Crippen LogP contribution in [-0.4, -0.2) is 59.8 Å². The van der Waals surface area contributed by atoms with Crippen LogP contribution in [0.2, 0.25) is 0 Å². The van der Waals surface area contributed by atoms with Gasteiger partial charge in [-0.25, -0.2) is 9.97 Å². The van der Waals surface area contributed by atoms with Gasteiger partial charge < -0.3 is 25.0 Å². The zero-order valence-electron chi connectivity index (χ0n) is 10.8. The first-order valence-electron chi connectivity index (χ1n) is 6.31. The molecule has 0 aliphatic carbocycles. The van der Waals surface area contributed by atoms with Gasteiger partial charge in [-0.1, -0.05) is 0 Å². The molecule has 3 heterocycles. The number of aliphatic hydroxyl groups is 3. The van der Waals surface area contributed by atoms with E-state index >= 15 is 0 Å². The van der Waals surface area contributed by atoms with Crippen molar-refractivity contribution in [3.05, 3.63) is 35.3 Å². The van der Waals surface area contributed by atoms with Crippen molar-refractivity contribution in [2.45, 2.75) is 24.5 Å². The molecule has 2 aromatic rings. The van der Waals surface area contributed by atoms with Crippen LogP contribution in [0.4, 0.5) is 0 Å². The maximum Gasteiger partial charge on any atom is 0.251 e. The lowest BCUT2D eigenvalue weighted by Gasteiger charge is -2.18. The first-order valence-corrected chi connectivity index (χ1v) is 6.31. The fraction of sp³-hybridized carbons (Fsp3) is 0.417. The van der Waals surface area contributed by atoms with Gasteiger partial charge in [-0.05, 0) is 0 Å². The molecule has 4 N–H and O–H groups in total. The Morgan fingerprint density at radius 3 is 2.86 bits per heavy atom. The Labute approximate surface area is 118 Å². The Kier molecular flexibility index (Phi) is 3.55. The van der Waals surface area contributed by atoms with Crippen molar-refractivity contribution >= 4 is 0 Å². The number of hydrogen-bond acceptors (Lipinski definition) is 7. The number of nitrogens with zero attached hydrogens (tertiary/aromatic N) is 3. The van der Waals surface area contributed by atoms with Crippen LogP contribution in [0.15, 0.2) is 29.7 Å². The van der Waals surface area contributed by atoms with Crippen LogP contribution in [0.25, 0.3) is 11.4 Å². The van der Waals surface area contributed by atoms with Crippen LogP contribution in [0.1, 0.15) is 6.23 Å². The van der Waals surface area contributed by atoms with Gasteiger partial charge in [0.05, 0.1) is 36.8 Å². The molecular formula is C12H14N4O5. The van der Waals surface area contributed by atoms with E-state index < -0.39 is 31.1 Å². The normalized spacial score (nSPS) is 28.9. The summed E-state index contributed by atoms with van der Waals surface area (Å²) in [6.45, 7) is -0.415. The first kappa shape index (κ1) is 13.9. The molecule has 3 rings (SSSR count). The Balaban J connectivity index is 1.98. The molecule has 0 amide bonds. The third-order valence-electron chi connectivity index (χ3n) is 3.40. The first-order chi connectivity index (χ1) is 10.1. The van der Waals surface area contributed by atoms with Gasteiger partial charge >= 0.3 is 0 Å². The minimum atomic E-state index is -1.22. The van der Waals surface area contributed by atoms with Crippen molar-refractivity contribution in [1.82, 2.24) is 19.5 Å². The maximum atomic E-state index is 11.4. The lowest BCUT2D eigenvalue weighted by Crippen LogP contribution is -2.33. The summed E-state index contributed by atoms with van der Waals surface area (Å²) >= 11 is 0. The molecule has 0 saturated carbocycles. The zero-order chi connectivity index (χ0) is 15.0. The van der Waals surface area contributed by atoms with E-state index in [0.717, 1.165) is 0 Å². The minimum absolute atomic E-state index is 0.325. The minimum Gasteiger partial charge on any atom is -0.394 e. The average Bonchev–Trinajstić information content (AvgIpc) is 3.05. The van der Waals surface area contributed by atoms with Crippen molar-refractivity contribution in [3.63, 3.8) is 0 Å². The Morgan fingerprint density at radius 2 is 2.19 bits per heavy atom. The van der Waals surface area contributed by atoms with Gasteiger partial charge in [0.2, 0.25) is 0 Å². The molecule has 0 radical (unpaired) electrons. The summed E-state index contributed by atoms with van der Waals surface area (Å²) < 4.78 is 6.89. The Morgan fingerprint density at radius 1 is 1.38 bits per heavy atom. The SMILES string of the molecule is O=c1cc(-c2cncn2C2O[C@H](CO)[C@@H](O)[C@H]2O)nc[nH]1. The van der Waals surface area contributed by atoms with Gasteiger partial charge in [0.15, 0.2) is 6.23 Å². The van der Waals surface area contributed by atoms with Gasteiger partial charge in [-0.2, -0.15) is 0 Å². The molecule has 1 saturated heterocycles. The standard InChI is InChI=1S/C12H14N4O5/c17-3-8-10(19)11(20)12(21-8)16-5-13-2-7(16)6-1-9(18)15-4-14-6/h1-2,4-5,8,10-12,17,19-20H,3H2,(H,14,15,18)/t8-,10-,11-,12?/m1/s1. The second kappa shape index (κ2) is 5.37. The van der Waals surface area contributed by atoms with Gasteiger partial charge in [0, 0.05) is 6.07 Å². The molecule has 21 heavy (non-hydrogen) atoms. The largest absolute Gasteiger partial charge is 0.394 e. The molecule has 0 spiro atoms. The quantitative estimate of drug-likeness (QED) is 0.527. The molecule has 1 aliphatic heterocycles. The van der Waals surface area contributed by atoms with Crippen molar-refractivity contribution in [2.75, 3.05) is 6.61 Å². The van der Waals surface area contributed by atoms with E-state index in [-0.39, 0.29) is 5.56 Å². The van der Waals surface area contributed by atoms with Crippen molar-refractivity contribution in [2.24, 2.45) is 0 Å². The van der Waals surface area contributed by atoms with Crippen molar-refractivity contribution in [3.8, 4) is 11.4 Å². The molecule has 4 atom stereocenters. The predicted molar refractivity (Wildman–Crippen MR) is 69.1 cm³/mol. The summed E-state index contributed by atoms with van der Waals surface area (Å²) in [5.74, 6) is 0. The van der Waals surface area contributed by atoms with E-state index in [1.54, 1.807) is 0 Å². The van der Waals surface area contributed by atoms with Crippen molar-refractivity contribution in [1.29, 1.82) is 0 Å². The van der Waals surface area contributed by atoms with Crippen LogP contribution in [-0.2, 0) is 4.74 Å².